The number of hydrogen-bond donors (Lipinski definition) is 1. The normalized spacial score (nSPS) is 11.8. The molecule has 3 heteroatoms. The van der Waals surface area contributed by atoms with E-state index in [0.717, 1.165) is 44.3 Å². The maximum absolute atomic E-state index is 13.5. The third kappa shape index (κ3) is 4.47. The first-order chi connectivity index (χ1) is 9.08. The van der Waals surface area contributed by atoms with Gasteiger partial charge in [-0.3, -0.25) is 0 Å². The molecule has 0 saturated carbocycles. The average Bonchev–Trinajstić information content (AvgIpc) is 2.43. The lowest BCUT2D eigenvalue weighted by atomic mass is 9.77. The molecule has 19 heavy (non-hydrogen) atoms. The SMILES string of the molecule is CCCNCC(CC)(CC)Cc1cccc(F)c1Cl. The van der Waals surface area contributed by atoms with Gasteiger partial charge in [-0.25, -0.2) is 4.39 Å². The highest BCUT2D eigenvalue weighted by molar-refractivity contribution is 6.31. The Hall–Kier alpha value is -0.600. The lowest BCUT2D eigenvalue weighted by Gasteiger charge is -2.32. The van der Waals surface area contributed by atoms with Crippen molar-refractivity contribution in [3.8, 4) is 0 Å². The molecule has 0 unspecified atom stereocenters. The molecule has 0 aromatic heterocycles. The fourth-order valence-electron chi connectivity index (χ4n) is 2.43. The van der Waals surface area contributed by atoms with E-state index in [4.69, 9.17) is 11.6 Å². The van der Waals surface area contributed by atoms with Gasteiger partial charge in [-0.05, 0) is 49.3 Å². The largest absolute Gasteiger partial charge is 0.316 e. The molecule has 1 aromatic carbocycles. The van der Waals surface area contributed by atoms with Gasteiger partial charge in [-0.1, -0.05) is 44.5 Å². The second-order valence-electron chi connectivity index (χ2n) is 5.27. The fourth-order valence-corrected chi connectivity index (χ4v) is 2.62. The van der Waals surface area contributed by atoms with Gasteiger partial charge in [0.25, 0.3) is 0 Å². The molecule has 0 radical (unpaired) electrons. The van der Waals surface area contributed by atoms with Crippen molar-refractivity contribution in [2.45, 2.75) is 46.5 Å². The summed E-state index contributed by atoms with van der Waals surface area (Å²) in [6.07, 6.45) is 4.08. The van der Waals surface area contributed by atoms with Crippen LogP contribution in [0.4, 0.5) is 4.39 Å². The Morgan fingerprint density at radius 2 is 1.89 bits per heavy atom. The topological polar surface area (TPSA) is 12.0 Å². The molecule has 0 heterocycles. The molecule has 108 valence electrons. The van der Waals surface area contributed by atoms with Crippen LogP contribution in [-0.4, -0.2) is 13.1 Å². The van der Waals surface area contributed by atoms with Crippen LogP contribution in [0, 0.1) is 11.2 Å². The first-order valence-electron chi connectivity index (χ1n) is 7.22. The minimum Gasteiger partial charge on any atom is -0.316 e. The highest BCUT2D eigenvalue weighted by Crippen LogP contribution is 2.33. The summed E-state index contributed by atoms with van der Waals surface area (Å²) in [4.78, 5) is 0. The van der Waals surface area contributed by atoms with E-state index in [1.165, 1.54) is 6.07 Å². The molecule has 0 aliphatic heterocycles. The van der Waals surface area contributed by atoms with Crippen LogP contribution < -0.4 is 5.32 Å². The van der Waals surface area contributed by atoms with Gasteiger partial charge in [0.15, 0.2) is 0 Å². The van der Waals surface area contributed by atoms with Gasteiger partial charge in [0, 0.05) is 6.54 Å². The van der Waals surface area contributed by atoms with Gasteiger partial charge in [-0.2, -0.15) is 0 Å². The second kappa shape index (κ2) is 7.86. The van der Waals surface area contributed by atoms with Crippen LogP contribution in [0.15, 0.2) is 18.2 Å². The predicted octanol–water partition coefficient (Wildman–Crippen LogP) is 4.83. The molecule has 0 aliphatic rings. The van der Waals surface area contributed by atoms with Crippen molar-refractivity contribution in [3.05, 3.63) is 34.6 Å². The fraction of sp³-hybridized carbons (Fsp3) is 0.625. The van der Waals surface area contributed by atoms with Gasteiger partial charge in [-0.15, -0.1) is 0 Å². The van der Waals surface area contributed by atoms with Gasteiger partial charge in [0.2, 0.25) is 0 Å². The van der Waals surface area contributed by atoms with Crippen LogP contribution in [0.1, 0.15) is 45.6 Å². The Kier molecular flexibility index (Phi) is 6.81. The van der Waals surface area contributed by atoms with E-state index in [9.17, 15) is 4.39 Å². The third-order valence-corrected chi connectivity index (χ3v) is 4.45. The van der Waals surface area contributed by atoms with E-state index in [1.54, 1.807) is 6.07 Å². The summed E-state index contributed by atoms with van der Waals surface area (Å²) in [5.41, 5.74) is 1.08. The summed E-state index contributed by atoms with van der Waals surface area (Å²) in [6, 6.07) is 5.10. The van der Waals surface area contributed by atoms with E-state index in [1.807, 2.05) is 6.07 Å². The molecular weight excluding hydrogens is 261 g/mol. The zero-order chi connectivity index (χ0) is 14.3. The number of halogens is 2. The molecule has 0 spiro atoms. The molecule has 1 rings (SSSR count). The van der Waals surface area contributed by atoms with Gasteiger partial charge < -0.3 is 5.32 Å². The molecule has 0 bridgehead atoms. The summed E-state index contributed by atoms with van der Waals surface area (Å²) in [5.74, 6) is -0.318. The Balaban J connectivity index is 2.85. The van der Waals surface area contributed by atoms with Crippen molar-refractivity contribution in [1.82, 2.24) is 5.32 Å². The Labute approximate surface area is 121 Å². The van der Waals surface area contributed by atoms with Crippen molar-refractivity contribution in [2.24, 2.45) is 5.41 Å². The highest BCUT2D eigenvalue weighted by Gasteiger charge is 2.27. The van der Waals surface area contributed by atoms with Crippen molar-refractivity contribution in [2.75, 3.05) is 13.1 Å². The number of nitrogens with one attached hydrogen (secondary N) is 1. The Morgan fingerprint density at radius 1 is 1.21 bits per heavy atom. The molecule has 1 nitrogen and oxygen atoms in total. The van der Waals surface area contributed by atoms with Crippen LogP contribution in [0.2, 0.25) is 5.02 Å². The number of rotatable bonds is 8. The van der Waals surface area contributed by atoms with Crippen molar-refractivity contribution in [1.29, 1.82) is 0 Å². The van der Waals surface area contributed by atoms with Gasteiger partial charge in [0.05, 0.1) is 5.02 Å². The molecule has 0 amide bonds. The van der Waals surface area contributed by atoms with Crippen molar-refractivity contribution in [3.63, 3.8) is 0 Å². The Bertz CT molecular complexity index is 388. The van der Waals surface area contributed by atoms with E-state index in [-0.39, 0.29) is 16.3 Å². The average molecular weight is 286 g/mol. The minimum absolute atomic E-state index is 0.159. The molecule has 1 aromatic rings. The lowest BCUT2D eigenvalue weighted by Crippen LogP contribution is -2.35. The summed E-state index contributed by atoms with van der Waals surface area (Å²) in [7, 11) is 0. The third-order valence-electron chi connectivity index (χ3n) is 4.02. The van der Waals surface area contributed by atoms with E-state index in [0.29, 0.717) is 0 Å². The highest BCUT2D eigenvalue weighted by atomic mass is 35.5. The van der Waals surface area contributed by atoms with Crippen LogP contribution in [0.3, 0.4) is 0 Å². The number of benzene rings is 1. The van der Waals surface area contributed by atoms with E-state index < -0.39 is 0 Å². The molecular formula is C16H25ClFN. The lowest BCUT2D eigenvalue weighted by molar-refractivity contribution is 0.246. The maximum atomic E-state index is 13.5. The summed E-state index contributed by atoms with van der Waals surface area (Å²) in [5, 5.41) is 3.78. The Morgan fingerprint density at radius 3 is 2.47 bits per heavy atom. The van der Waals surface area contributed by atoms with E-state index in [2.05, 4.69) is 26.1 Å². The van der Waals surface area contributed by atoms with Crippen LogP contribution >= 0.6 is 11.6 Å². The molecule has 1 N–H and O–H groups in total. The zero-order valence-corrected chi connectivity index (χ0v) is 13.0. The smallest absolute Gasteiger partial charge is 0.142 e. The van der Waals surface area contributed by atoms with Crippen LogP contribution in [-0.2, 0) is 6.42 Å². The minimum atomic E-state index is -0.318. The van der Waals surface area contributed by atoms with Crippen LogP contribution in [0.25, 0.3) is 0 Å². The van der Waals surface area contributed by atoms with Crippen molar-refractivity contribution >= 4 is 11.6 Å². The molecule has 0 atom stereocenters. The number of hydrogen-bond acceptors (Lipinski definition) is 1. The second-order valence-corrected chi connectivity index (χ2v) is 5.65. The summed E-state index contributed by atoms with van der Waals surface area (Å²) < 4.78 is 13.5. The van der Waals surface area contributed by atoms with Gasteiger partial charge in [0.1, 0.15) is 5.82 Å². The standard InChI is InChI=1S/C16H25ClFN/c1-4-10-19-12-16(5-2,6-3)11-13-8-7-9-14(18)15(13)17/h7-9,19H,4-6,10-12H2,1-3H3. The maximum Gasteiger partial charge on any atom is 0.142 e. The summed E-state index contributed by atoms with van der Waals surface area (Å²) >= 11 is 6.08. The van der Waals surface area contributed by atoms with Crippen LogP contribution in [0.5, 0.6) is 0 Å². The summed E-state index contributed by atoms with van der Waals surface area (Å²) in [6.45, 7) is 8.55. The van der Waals surface area contributed by atoms with Crippen molar-refractivity contribution < 1.29 is 4.39 Å². The first kappa shape index (κ1) is 16.5. The van der Waals surface area contributed by atoms with Gasteiger partial charge >= 0.3 is 0 Å². The monoisotopic (exact) mass is 285 g/mol. The van der Waals surface area contributed by atoms with E-state index >= 15 is 0 Å². The predicted molar refractivity (Wildman–Crippen MR) is 81.3 cm³/mol. The first-order valence-corrected chi connectivity index (χ1v) is 7.60. The quantitative estimate of drug-likeness (QED) is 0.675. The zero-order valence-electron chi connectivity index (χ0n) is 12.2. The molecule has 0 aliphatic carbocycles. The molecule has 0 saturated heterocycles. The molecule has 0 fully saturated rings.